The van der Waals surface area contributed by atoms with Crippen LogP contribution in [0, 0.1) is 11.6 Å². The minimum Gasteiger partial charge on any atom is -0.478 e. The minimum atomic E-state index is -1.07. The third-order valence-corrected chi connectivity index (χ3v) is 5.31. The monoisotopic (exact) mass is 394 g/mol. The summed E-state index contributed by atoms with van der Waals surface area (Å²) in [4.78, 5) is 12.0. The van der Waals surface area contributed by atoms with Crippen LogP contribution in [0.4, 0.5) is 8.78 Å². The van der Waals surface area contributed by atoms with Crippen molar-refractivity contribution in [2.45, 2.75) is 0 Å². The number of carboxylic acids is 1. The molecule has 0 aliphatic heterocycles. The maximum atomic E-state index is 14.2. The van der Waals surface area contributed by atoms with Crippen molar-refractivity contribution >= 4 is 33.2 Å². The van der Waals surface area contributed by atoms with Crippen LogP contribution < -0.4 is 0 Å². The van der Waals surface area contributed by atoms with Crippen LogP contribution in [0.2, 0.25) is 0 Å². The maximum Gasteiger partial charge on any atom is 0.336 e. The molecule has 1 N–H and O–H groups in total. The minimum absolute atomic E-state index is 0.0910. The van der Waals surface area contributed by atoms with Gasteiger partial charge in [-0.25, -0.2) is 13.6 Å². The van der Waals surface area contributed by atoms with Crippen LogP contribution in [0.5, 0.6) is 0 Å². The third-order valence-electron chi connectivity index (χ3n) is 3.37. The van der Waals surface area contributed by atoms with E-state index in [2.05, 4.69) is 15.9 Å². The topological polar surface area (TPSA) is 37.3 Å². The van der Waals surface area contributed by atoms with E-state index in [-0.39, 0.29) is 11.1 Å². The first kappa shape index (κ1) is 15.8. The van der Waals surface area contributed by atoms with Crippen LogP contribution in [0.3, 0.4) is 0 Å². The van der Waals surface area contributed by atoms with Crippen LogP contribution in [-0.4, -0.2) is 11.1 Å². The van der Waals surface area contributed by atoms with E-state index in [0.717, 1.165) is 6.07 Å². The molecule has 0 saturated heterocycles. The summed E-state index contributed by atoms with van der Waals surface area (Å²) in [6.45, 7) is 0. The highest BCUT2D eigenvalue weighted by Gasteiger charge is 2.21. The lowest BCUT2D eigenvalue weighted by Crippen LogP contribution is -1.99. The van der Waals surface area contributed by atoms with Gasteiger partial charge in [0.15, 0.2) is 11.6 Å². The quantitative estimate of drug-likeness (QED) is 0.607. The predicted octanol–water partition coefficient (Wildman–Crippen LogP) is 5.82. The Balaban J connectivity index is 2.29. The Morgan fingerprint density at radius 1 is 1.04 bits per heavy atom. The van der Waals surface area contributed by atoms with E-state index in [9.17, 15) is 18.7 Å². The molecule has 116 valence electrons. The molecule has 0 unspecified atom stereocenters. The van der Waals surface area contributed by atoms with E-state index in [0.29, 0.717) is 20.5 Å². The van der Waals surface area contributed by atoms with Gasteiger partial charge in [0.1, 0.15) is 0 Å². The molecule has 2 aromatic carbocycles. The lowest BCUT2D eigenvalue weighted by Gasteiger charge is -2.09. The summed E-state index contributed by atoms with van der Waals surface area (Å²) in [6.07, 6.45) is 0. The number of carboxylic acid groups (broad SMARTS) is 1. The van der Waals surface area contributed by atoms with Crippen molar-refractivity contribution in [3.8, 4) is 21.6 Å². The molecule has 0 amide bonds. The highest BCUT2D eigenvalue weighted by molar-refractivity contribution is 9.10. The molecule has 3 rings (SSSR count). The summed E-state index contributed by atoms with van der Waals surface area (Å²) in [5.74, 6) is -2.98. The molecule has 0 aliphatic rings. The fourth-order valence-corrected chi connectivity index (χ4v) is 4.16. The lowest BCUT2D eigenvalue weighted by atomic mass is 9.99. The first-order chi connectivity index (χ1) is 11.0. The first-order valence-electron chi connectivity index (χ1n) is 6.54. The van der Waals surface area contributed by atoms with Crippen molar-refractivity contribution in [2.75, 3.05) is 0 Å². The van der Waals surface area contributed by atoms with E-state index in [1.807, 2.05) is 0 Å². The third kappa shape index (κ3) is 2.80. The molecule has 0 bridgehead atoms. The predicted molar refractivity (Wildman–Crippen MR) is 89.8 cm³/mol. The molecular formula is C17H9BrF2O2S. The standard InChI is InChI=1S/C17H9BrF2O2S/c18-12-8-23-16(9-4-1-2-5-10(9)17(21)22)14(12)11-6-3-7-13(19)15(11)20/h1-8H,(H,21,22). The van der Waals surface area contributed by atoms with E-state index in [4.69, 9.17) is 0 Å². The van der Waals surface area contributed by atoms with Crippen LogP contribution in [-0.2, 0) is 0 Å². The molecule has 3 aromatic rings. The number of thiophene rings is 1. The van der Waals surface area contributed by atoms with Gasteiger partial charge < -0.3 is 5.11 Å². The van der Waals surface area contributed by atoms with E-state index in [1.165, 1.54) is 29.5 Å². The average Bonchev–Trinajstić information content (AvgIpc) is 2.91. The van der Waals surface area contributed by atoms with Crippen molar-refractivity contribution in [1.29, 1.82) is 0 Å². The molecule has 1 heterocycles. The van der Waals surface area contributed by atoms with E-state index in [1.54, 1.807) is 23.6 Å². The number of rotatable bonds is 3. The van der Waals surface area contributed by atoms with Gasteiger partial charge in [0.2, 0.25) is 0 Å². The SMILES string of the molecule is O=C(O)c1ccccc1-c1scc(Br)c1-c1cccc(F)c1F. The van der Waals surface area contributed by atoms with Gasteiger partial charge in [-0.15, -0.1) is 11.3 Å². The van der Waals surface area contributed by atoms with E-state index < -0.39 is 17.6 Å². The van der Waals surface area contributed by atoms with Crippen LogP contribution in [0.25, 0.3) is 21.6 Å². The van der Waals surface area contributed by atoms with Crippen molar-refractivity contribution in [2.24, 2.45) is 0 Å². The molecule has 0 spiro atoms. The van der Waals surface area contributed by atoms with Crippen LogP contribution in [0.1, 0.15) is 10.4 Å². The Kier molecular flexibility index (Phi) is 4.28. The Labute approximate surface area is 143 Å². The molecule has 2 nitrogen and oxygen atoms in total. The Bertz CT molecular complexity index is 905. The highest BCUT2D eigenvalue weighted by atomic mass is 79.9. The number of hydrogen-bond acceptors (Lipinski definition) is 2. The zero-order valence-corrected chi connectivity index (χ0v) is 13.9. The van der Waals surface area contributed by atoms with Gasteiger partial charge in [0.25, 0.3) is 0 Å². The van der Waals surface area contributed by atoms with Gasteiger partial charge in [-0.3, -0.25) is 0 Å². The number of carbonyl (C=O) groups is 1. The fraction of sp³-hybridized carbons (Fsp3) is 0. The molecular weight excluding hydrogens is 386 g/mol. The normalized spacial score (nSPS) is 10.7. The number of benzene rings is 2. The average molecular weight is 395 g/mol. The maximum absolute atomic E-state index is 14.2. The molecule has 6 heteroatoms. The number of hydrogen-bond donors (Lipinski definition) is 1. The summed E-state index contributed by atoms with van der Waals surface area (Å²) >= 11 is 4.62. The Morgan fingerprint density at radius 2 is 1.74 bits per heavy atom. The summed E-state index contributed by atoms with van der Waals surface area (Å²) in [5, 5.41) is 11.1. The molecule has 0 aliphatic carbocycles. The van der Waals surface area contributed by atoms with Crippen molar-refractivity contribution < 1.29 is 18.7 Å². The van der Waals surface area contributed by atoms with E-state index >= 15 is 0 Å². The summed E-state index contributed by atoms with van der Waals surface area (Å²) in [6, 6.07) is 10.4. The second kappa shape index (κ2) is 6.22. The summed E-state index contributed by atoms with van der Waals surface area (Å²) in [5.41, 5.74) is 1.11. The zero-order valence-electron chi connectivity index (χ0n) is 11.5. The van der Waals surface area contributed by atoms with Gasteiger partial charge in [0, 0.05) is 31.4 Å². The van der Waals surface area contributed by atoms with Crippen LogP contribution >= 0.6 is 27.3 Å². The van der Waals surface area contributed by atoms with Crippen molar-refractivity contribution in [3.05, 3.63) is 69.5 Å². The van der Waals surface area contributed by atoms with Crippen molar-refractivity contribution in [1.82, 2.24) is 0 Å². The second-order valence-corrected chi connectivity index (χ2v) is 6.47. The van der Waals surface area contributed by atoms with Crippen molar-refractivity contribution in [3.63, 3.8) is 0 Å². The molecule has 0 fully saturated rings. The molecule has 0 saturated carbocycles. The van der Waals surface area contributed by atoms with Crippen LogP contribution in [0.15, 0.2) is 52.3 Å². The molecule has 0 atom stereocenters. The first-order valence-corrected chi connectivity index (χ1v) is 8.22. The summed E-state index contributed by atoms with van der Waals surface area (Å²) in [7, 11) is 0. The molecule has 0 radical (unpaired) electrons. The highest BCUT2D eigenvalue weighted by Crippen LogP contribution is 2.44. The number of aromatic carboxylic acids is 1. The smallest absolute Gasteiger partial charge is 0.336 e. The molecule has 23 heavy (non-hydrogen) atoms. The summed E-state index contributed by atoms with van der Waals surface area (Å²) < 4.78 is 28.3. The Hall–Kier alpha value is -2.05. The lowest BCUT2D eigenvalue weighted by molar-refractivity contribution is 0.0698. The van der Waals surface area contributed by atoms with Gasteiger partial charge >= 0.3 is 5.97 Å². The van der Waals surface area contributed by atoms with Gasteiger partial charge in [0.05, 0.1) is 5.56 Å². The van der Waals surface area contributed by atoms with Gasteiger partial charge in [-0.05, 0) is 28.1 Å². The largest absolute Gasteiger partial charge is 0.478 e. The van der Waals surface area contributed by atoms with Gasteiger partial charge in [-0.2, -0.15) is 0 Å². The second-order valence-electron chi connectivity index (χ2n) is 4.74. The number of halogens is 3. The molecule has 1 aromatic heterocycles. The zero-order chi connectivity index (χ0) is 16.6. The van der Waals surface area contributed by atoms with Gasteiger partial charge in [-0.1, -0.05) is 30.3 Å². The Morgan fingerprint density at radius 3 is 2.48 bits per heavy atom. The fourth-order valence-electron chi connectivity index (χ4n) is 2.35.